The summed E-state index contributed by atoms with van der Waals surface area (Å²) in [6, 6.07) is 0. The van der Waals surface area contributed by atoms with E-state index in [4.69, 9.17) is 21.1 Å². The van der Waals surface area contributed by atoms with Crippen molar-refractivity contribution in [3.05, 3.63) is 39.2 Å². The minimum atomic E-state index is -0.743. The number of carbonyl (C=O) groups excluding carboxylic acids is 2. The Morgan fingerprint density at radius 2 is 1.76 bits per heavy atom. The lowest BCUT2D eigenvalue weighted by Gasteiger charge is -2.29. The van der Waals surface area contributed by atoms with Gasteiger partial charge >= 0.3 is 11.9 Å². The molecule has 8 heteroatoms. The zero-order valence-corrected chi connectivity index (χ0v) is 15.7. The van der Waals surface area contributed by atoms with Crippen LogP contribution in [-0.2, 0) is 25.5 Å². The molecule has 1 aromatic rings. The number of aryl methyl sites for hydroxylation is 1. The van der Waals surface area contributed by atoms with Crippen molar-refractivity contribution in [1.82, 2.24) is 15.3 Å². The molecule has 1 aliphatic heterocycles. The van der Waals surface area contributed by atoms with Gasteiger partial charge in [-0.15, -0.1) is 0 Å². The normalized spacial score (nSPS) is 17.4. The van der Waals surface area contributed by atoms with E-state index in [1.54, 1.807) is 20.8 Å². The first-order chi connectivity index (χ1) is 11.8. The summed E-state index contributed by atoms with van der Waals surface area (Å²) in [5, 5.41) is 3.27. The first-order valence-corrected chi connectivity index (χ1v) is 8.41. The predicted molar refractivity (Wildman–Crippen MR) is 92.9 cm³/mol. The molecular weight excluding hydrogens is 346 g/mol. The van der Waals surface area contributed by atoms with Crippen LogP contribution in [0, 0.1) is 0 Å². The van der Waals surface area contributed by atoms with Crippen LogP contribution in [0.1, 0.15) is 45.1 Å². The van der Waals surface area contributed by atoms with Crippen LogP contribution in [0.15, 0.2) is 22.5 Å². The van der Waals surface area contributed by atoms with Crippen LogP contribution >= 0.6 is 11.6 Å². The number of imidazole rings is 1. The number of H-pyrrole nitrogens is 1. The molecule has 0 bridgehead atoms. The monoisotopic (exact) mass is 367 g/mol. The topological polar surface area (TPSA) is 93.3 Å². The molecule has 0 fully saturated rings. The van der Waals surface area contributed by atoms with Gasteiger partial charge in [-0.25, -0.2) is 14.6 Å². The molecule has 0 saturated heterocycles. The molecule has 2 rings (SSSR count). The summed E-state index contributed by atoms with van der Waals surface area (Å²) in [6.07, 6.45) is 0.637. The highest BCUT2D eigenvalue weighted by atomic mass is 35.5. The van der Waals surface area contributed by atoms with E-state index >= 15 is 0 Å². The first-order valence-electron chi connectivity index (χ1n) is 8.03. The number of allylic oxidation sites excluding steroid dienone is 2. The minimum Gasteiger partial charge on any atom is -0.466 e. The number of nitrogens with one attached hydrogen (secondary N) is 2. The van der Waals surface area contributed by atoms with Gasteiger partial charge < -0.3 is 19.8 Å². The third-order valence-corrected chi connectivity index (χ3v) is 4.31. The lowest BCUT2D eigenvalue weighted by molar-refractivity contribution is -0.139. The quantitative estimate of drug-likeness (QED) is 0.777. The van der Waals surface area contributed by atoms with Crippen LogP contribution in [0.5, 0.6) is 0 Å². The number of hydrogen-bond donors (Lipinski definition) is 2. The van der Waals surface area contributed by atoms with Crippen molar-refractivity contribution in [2.24, 2.45) is 0 Å². The van der Waals surface area contributed by atoms with Gasteiger partial charge in [0.1, 0.15) is 5.82 Å². The first kappa shape index (κ1) is 19.1. The number of nitrogens with zero attached hydrogens (tertiary/aromatic N) is 1. The fraction of sp³-hybridized carbons (Fsp3) is 0.471. The Kier molecular flexibility index (Phi) is 5.89. The summed E-state index contributed by atoms with van der Waals surface area (Å²) in [7, 11) is 1.29. The number of aromatic nitrogens is 2. The zero-order valence-electron chi connectivity index (χ0n) is 14.9. The standard InChI is InChI=1S/C17H22ClN3O4/c1-6-10-20-14(15(18)21-10)13-11(16(22)24-5)8(3)19-9(4)12(13)17(23)25-7-2/h13,19H,6-7H2,1-5H3,(H,20,21). The van der Waals surface area contributed by atoms with Crippen LogP contribution in [0.2, 0.25) is 5.15 Å². The number of hydrogen-bond acceptors (Lipinski definition) is 6. The fourth-order valence-corrected chi connectivity index (χ4v) is 3.17. The molecule has 1 aromatic heterocycles. The molecule has 2 heterocycles. The van der Waals surface area contributed by atoms with E-state index in [0.717, 1.165) is 0 Å². The number of carbonyl (C=O) groups is 2. The van der Waals surface area contributed by atoms with Crippen molar-refractivity contribution in [3.63, 3.8) is 0 Å². The summed E-state index contributed by atoms with van der Waals surface area (Å²) in [4.78, 5) is 32.4. The van der Waals surface area contributed by atoms with E-state index in [-0.39, 0.29) is 11.8 Å². The number of rotatable bonds is 5. The van der Waals surface area contributed by atoms with E-state index in [1.807, 2.05) is 6.92 Å². The molecule has 0 spiro atoms. The van der Waals surface area contributed by atoms with Crippen LogP contribution in [0.3, 0.4) is 0 Å². The Morgan fingerprint density at radius 1 is 1.16 bits per heavy atom. The molecule has 7 nitrogen and oxygen atoms in total. The van der Waals surface area contributed by atoms with Crippen molar-refractivity contribution in [3.8, 4) is 0 Å². The molecule has 25 heavy (non-hydrogen) atoms. The second-order valence-electron chi connectivity index (χ2n) is 5.59. The Bertz CT molecular complexity index is 764. The number of methoxy groups -OCH3 is 1. The molecule has 0 saturated carbocycles. The minimum absolute atomic E-state index is 0.215. The highest BCUT2D eigenvalue weighted by molar-refractivity contribution is 6.30. The second-order valence-corrected chi connectivity index (χ2v) is 5.95. The molecule has 0 aliphatic carbocycles. The zero-order chi connectivity index (χ0) is 18.7. The number of halogens is 1. The van der Waals surface area contributed by atoms with Gasteiger partial charge in [-0.1, -0.05) is 18.5 Å². The third kappa shape index (κ3) is 3.56. The van der Waals surface area contributed by atoms with Crippen molar-refractivity contribution in [1.29, 1.82) is 0 Å². The van der Waals surface area contributed by atoms with Crippen molar-refractivity contribution < 1.29 is 19.1 Å². The molecule has 136 valence electrons. The SMILES string of the molecule is CCOC(=O)C1=C(C)NC(C)=C(C(=O)OC)C1c1[nH]c(CC)nc1Cl. The summed E-state index contributed by atoms with van der Waals surface area (Å²) >= 11 is 6.30. The van der Waals surface area contributed by atoms with Crippen LogP contribution in [0.25, 0.3) is 0 Å². The van der Waals surface area contributed by atoms with E-state index in [1.165, 1.54) is 7.11 Å². The van der Waals surface area contributed by atoms with Crippen molar-refractivity contribution in [2.45, 2.75) is 40.0 Å². The molecule has 2 N–H and O–H groups in total. The van der Waals surface area contributed by atoms with Crippen LogP contribution in [0.4, 0.5) is 0 Å². The summed E-state index contributed by atoms with van der Waals surface area (Å²) < 4.78 is 10.1. The molecule has 0 aromatic carbocycles. The lowest BCUT2D eigenvalue weighted by Crippen LogP contribution is -2.32. The highest BCUT2D eigenvalue weighted by Crippen LogP contribution is 2.40. The molecule has 0 radical (unpaired) electrons. The van der Waals surface area contributed by atoms with Gasteiger partial charge in [0.2, 0.25) is 0 Å². The molecule has 0 amide bonds. The van der Waals surface area contributed by atoms with Gasteiger partial charge in [0.15, 0.2) is 5.15 Å². The molecule has 1 unspecified atom stereocenters. The van der Waals surface area contributed by atoms with E-state index in [2.05, 4.69) is 15.3 Å². The van der Waals surface area contributed by atoms with E-state index in [9.17, 15) is 9.59 Å². The predicted octanol–water partition coefficient (Wildman–Crippen LogP) is 2.60. The van der Waals surface area contributed by atoms with Crippen LogP contribution < -0.4 is 5.32 Å². The van der Waals surface area contributed by atoms with Gasteiger partial charge in [0.05, 0.1) is 36.5 Å². The van der Waals surface area contributed by atoms with Crippen molar-refractivity contribution >= 4 is 23.5 Å². The summed E-state index contributed by atoms with van der Waals surface area (Å²) in [5.74, 6) is -1.14. The van der Waals surface area contributed by atoms with Gasteiger partial charge in [0.25, 0.3) is 0 Å². The summed E-state index contributed by atoms with van der Waals surface area (Å²) in [6.45, 7) is 7.36. The summed E-state index contributed by atoms with van der Waals surface area (Å²) in [5.41, 5.74) is 2.26. The second kappa shape index (κ2) is 7.74. The van der Waals surface area contributed by atoms with Crippen molar-refractivity contribution in [2.75, 3.05) is 13.7 Å². The van der Waals surface area contributed by atoms with Crippen LogP contribution in [-0.4, -0.2) is 35.6 Å². The molecule has 1 aliphatic rings. The largest absolute Gasteiger partial charge is 0.466 e. The maximum Gasteiger partial charge on any atom is 0.336 e. The third-order valence-electron chi connectivity index (χ3n) is 4.02. The number of esters is 2. The molecule has 1 atom stereocenters. The number of dihydropyridines is 1. The average molecular weight is 368 g/mol. The van der Waals surface area contributed by atoms with Gasteiger partial charge in [-0.2, -0.15) is 0 Å². The average Bonchev–Trinajstić information content (AvgIpc) is 2.94. The number of aromatic amines is 1. The smallest absolute Gasteiger partial charge is 0.336 e. The van der Waals surface area contributed by atoms with Gasteiger partial charge in [-0.3, -0.25) is 0 Å². The Hall–Kier alpha value is -2.28. The van der Waals surface area contributed by atoms with E-state index < -0.39 is 17.9 Å². The van der Waals surface area contributed by atoms with Gasteiger partial charge in [-0.05, 0) is 20.8 Å². The Labute approximate surface area is 151 Å². The van der Waals surface area contributed by atoms with E-state index in [0.29, 0.717) is 40.5 Å². The lowest BCUT2D eigenvalue weighted by atomic mass is 9.83. The van der Waals surface area contributed by atoms with Gasteiger partial charge in [0, 0.05) is 17.8 Å². The Balaban J connectivity index is 2.69. The number of ether oxygens (including phenoxy) is 2. The molecular formula is C17H22ClN3O4. The maximum atomic E-state index is 12.6. The fourth-order valence-electron chi connectivity index (χ4n) is 2.92. The Morgan fingerprint density at radius 3 is 2.24 bits per heavy atom. The highest BCUT2D eigenvalue weighted by Gasteiger charge is 2.40. The maximum absolute atomic E-state index is 12.6.